The van der Waals surface area contributed by atoms with E-state index in [1.807, 2.05) is 6.26 Å². The molecule has 1 heterocycles. The van der Waals surface area contributed by atoms with E-state index in [0.29, 0.717) is 18.7 Å². The summed E-state index contributed by atoms with van der Waals surface area (Å²) in [5.41, 5.74) is 0.717. The van der Waals surface area contributed by atoms with E-state index < -0.39 is 60.2 Å². The number of carbonyl (C=O) groups is 5. The Bertz CT molecular complexity index is 893. The predicted molar refractivity (Wildman–Crippen MR) is 130 cm³/mol. The number of hydrogen-bond acceptors (Lipinski definition) is 7. The van der Waals surface area contributed by atoms with Crippen molar-refractivity contribution in [1.29, 1.82) is 0 Å². The fraction of sp³-hybridized carbons (Fsp3) is 0.522. The van der Waals surface area contributed by atoms with E-state index in [1.54, 1.807) is 30.3 Å². The normalized spacial score (nSPS) is 17.6. The second-order valence-corrected chi connectivity index (χ2v) is 9.23. The van der Waals surface area contributed by atoms with E-state index in [-0.39, 0.29) is 12.8 Å². The molecule has 1 aliphatic heterocycles. The number of hydrogen-bond donors (Lipinski definition) is 6. The largest absolute Gasteiger partial charge is 0.481 e. The third-order valence-electron chi connectivity index (χ3n) is 5.53. The highest BCUT2D eigenvalue weighted by atomic mass is 32.2. The molecular weight excluding hydrogens is 476 g/mol. The molecule has 35 heavy (non-hydrogen) atoms. The molecule has 0 saturated carbocycles. The van der Waals surface area contributed by atoms with Crippen molar-refractivity contribution in [3.8, 4) is 0 Å². The second kappa shape index (κ2) is 14.3. The number of nitrogens with one attached hydrogen (secondary N) is 4. The molecule has 4 unspecified atom stereocenters. The Labute approximate surface area is 207 Å². The van der Waals surface area contributed by atoms with Crippen LogP contribution in [0, 0.1) is 0 Å². The Morgan fingerprint density at radius 2 is 1.66 bits per heavy atom. The molecule has 0 radical (unpaired) electrons. The van der Waals surface area contributed by atoms with Crippen LogP contribution in [0.2, 0.25) is 0 Å². The molecule has 4 atom stereocenters. The molecule has 1 fully saturated rings. The standard InChI is InChI=1S/C23H32N4O7S/c1-35-11-9-16(21(31)27-18(23(33)34)12-14-6-3-2-4-7-14)25-22(32)17(13-19(28)29)26-20(30)15-8-5-10-24-15/h2-4,6-7,15-18,24H,5,8-13H2,1H3,(H,25,32)(H,26,30)(H,27,31)(H,28,29)(H,33,34). The average molecular weight is 509 g/mol. The Balaban J connectivity index is 2.09. The minimum Gasteiger partial charge on any atom is -0.481 e. The zero-order chi connectivity index (χ0) is 25.8. The fourth-order valence-electron chi connectivity index (χ4n) is 3.66. The number of aliphatic carboxylic acids is 2. The van der Waals surface area contributed by atoms with Crippen molar-refractivity contribution in [3.05, 3.63) is 35.9 Å². The summed E-state index contributed by atoms with van der Waals surface area (Å²) in [6.45, 7) is 0.651. The molecule has 6 N–H and O–H groups in total. The first-order valence-electron chi connectivity index (χ1n) is 11.3. The lowest BCUT2D eigenvalue weighted by Gasteiger charge is -2.24. The van der Waals surface area contributed by atoms with Gasteiger partial charge in [-0.15, -0.1) is 0 Å². The van der Waals surface area contributed by atoms with Gasteiger partial charge in [-0.2, -0.15) is 11.8 Å². The van der Waals surface area contributed by atoms with Crippen LogP contribution in [-0.2, 0) is 30.4 Å². The molecule has 1 aliphatic rings. The number of carbonyl (C=O) groups excluding carboxylic acids is 3. The highest BCUT2D eigenvalue weighted by Gasteiger charge is 2.32. The summed E-state index contributed by atoms with van der Waals surface area (Å²) in [6.07, 6.45) is 2.76. The molecule has 0 aromatic heterocycles. The number of benzene rings is 1. The number of rotatable bonds is 14. The van der Waals surface area contributed by atoms with Gasteiger partial charge in [-0.05, 0) is 43.4 Å². The zero-order valence-corrected chi connectivity index (χ0v) is 20.3. The maximum Gasteiger partial charge on any atom is 0.326 e. The molecule has 12 heteroatoms. The summed E-state index contributed by atoms with van der Waals surface area (Å²) in [4.78, 5) is 61.3. The third-order valence-corrected chi connectivity index (χ3v) is 6.17. The quantitative estimate of drug-likeness (QED) is 0.198. The molecule has 0 aliphatic carbocycles. The molecule has 11 nitrogen and oxygen atoms in total. The van der Waals surface area contributed by atoms with E-state index in [0.717, 1.165) is 12.0 Å². The van der Waals surface area contributed by atoms with Gasteiger partial charge in [-0.1, -0.05) is 30.3 Å². The summed E-state index contributed by atoms with van der Waals surface area (Å²) in [7, 11) is 0. The first kappa shape index (κ1) is 28.1. The minimum atomic E-state index is -1.38. The third kappa shape index (κ3) is 9.57. The van der Waals surface area contributed by atoms with Gasteiger partial charge < -0.3 is 31.5 Å². The van der Waals surface area contributed by atoms with Crippen molar-refractivity contribution < 1.29 is 34.2 Å². The van der Waals surface area contributed by atoms with Crippen LogP contribution in [-0.4, -0.2) is 82.6 Å². The minimum absolute atomic E-state index is 0.0528. The smallest absolute Gasteiger partial charge is 0.326 e. The van der Waals surface area contributed by atoms with Gasteiger partial charge in [0, 0.05) is 6.42 Å². The Morgan fingerprint density at radius 3 is 2.23 bits per heavy atom. The predicted octanol–water partition coefficient (Wildman–Crippen LogP) is -0.252. The van der Waals surface area contributed by atoms with E-state index in [2.05, 4.69) is 21.3 Å². The van der Waals surface area contributed by atoms with Gasteiger partial charge in [-0.25, -0.2) is 4.79 Å². The maximum absolute atomic E-state index is 13.0. The highest BCUT2D eigenvalue weighted by molar-refractivity contribution is 7.98. The summed E-state index contributed by atoms with van der Waals surface area (Å²) in [5.74, 6) is -4.04. The summed E-state index contributed by atoms with van der Waals surface area (Å²) >= 11 is 1.43. The molecule has 1 aromatic rings. The number of amides is 3. The van der Waals surface area contributed by atoms with Crippen LogP contribution in [0.4, 0.5) is 0 Å². The van der Waals surface area contributed by atoms with Crippen LogP contribution in [0.5, 0.6) is 0 Å². The van der Waals surface area contributed by atoms with Gasteiger partial charge in [0.1, 0.15) is 18.1 Å². The van der Waals surface area contributed by atoms with Gasteiger partial charge in [0.2, 0.25) is 17.7 Å². The fourth-order valence-corrected chi connectivity index (χ4v) is 4.13. The van der Waals surface area contributed by atoms with Gasteiger partial charge >= 0.3 is 11.9 Å². The molecule has 0 spiro atoms. The van der Waals surface area contributed by atoms with E-state index >= 15 is 0 Å². The monoisotopic (exact) mass is 508 g/mol. The molecule has 0 bridgehead atoms. The SMILES string of the molecule is CSCCC(NC(=O)C(CC(=O)O)NC(=O)C1CCCN1)C(=O)NC(Cc1ccccc1)C(=O)O. The van der Waals surface area contributed by atoms with Gasteiger partial charge in [-0.3, -0.25) is 19.2 Å². The van der Waals surface area contributed by atoms with Crippen LogP contribution in [0.3, 0.4) is 0 Å². The molecule has 3 amide bonds. The summed E-state index contributed by atoms with van der Waals surface area (Å²) < 4.78 is 0. The highest BCUT2D eigenvalue weighted by Crippen LogP contribution is 2.08. The second-order valence-electron chi connectivity index (χ2n) is 8.24. The number of thioether (sulfide) groups is 1. The topological polar surface area (TPSA) is 174 Å². The van der Waals surface area contributed by atoms with Gasteiger partial charge in [0.25, 0.3) is 0 Å². The lowest BCUT2D eigenvalue weighted by atomic mass is 10.0. The Hall–Kier alpha value is -3.12. The zero-order valence-electron chi connectivity index (χ0n) is 19.5. The van der Waals surface area contributed by atoms with Crippen molar-refractivity contribution in [1.82, 2.24) is 21.3 Å². The van der Waals surface area contributed by atoms with Crippen LogP contribution in [0.1, 0.15) is 31.2 Å². The van der Waals surface area contributed by atoms with Crippen molar-refractivity contribution in [2.75, 3.05) is 18.6 Å². The van der Waals surface area contributed by atoms with Gasteiger partial charge in [0.15, 0.2) is 0 Å². The molecule has 192 valence electrons. The number of carboxylic acids is 2. The summed E-state index contributed by atoms with van der Waals surface area (Å²) in [6, 6.07) is 4.58. The Morgan fingerprint density at radius 1 is 1.00 bits per heavy atom. The van der Waals surface area contributed by atoms with E-state index in [1.165, 1.54) is 11.8 Å². The van der Waals surface area contributed by atoms with Crippen molar-refractivity contribution >= 4 is 41.4 Å². The average Bonchev–Trinajstić information content (AvgIpc) is 3.36. The molecule has 2 rings (SSSR count). The first-order chi connectivity index (χ1) is 16.7. The summed E-state index contributed by atoms with van der Waals surface area (Å²) in [5, 5.41) is 29.2. The first-order valence-corrected chi connectivity index (χ1v) is 12.7. The van der Waals surface area contributed by atoms with Crippen LogP contribution >= 0.6 is 11.8 Å². The van der Waals surface area contributed by atoms with Crippen LogP contribution in [0.25, 0.3) is 0 Å². The number of carboxylic acid groups (broad SMARTS) is 2. The van der Waals surface area contributed by atoms with Crippen LogP contribution in [0.15, 0.2) is 30.3 Å². The molecule has 1 saturated heterocycles. The van der Waals surface area contributed by atoms with Crippen LogP contribution < -0.4 is 21.3 Å². The molecule has 1 aromatic carbocycles. The molecular formula is C23H32N4O7S. The lowest BCUT2D eigenvalue weighted by molar-refractivity contribution is -0.143. The van der Waals surface area contributed by atoms with E-state index in [4.69, 9.17) is 0 Å². The Kier molecular flexibility index (Phi) is 11.5. The van der Waals surface area contributed by atoms with Crippen molar-refractivity contribution in [3.63, 3.8) is 0 Å². The lowest BCUT2D eigenvalue weighted by Crippen LogP contribution is -2.57. The van der Waals surface area contributed by atoms with Gasteiger partial charge in [0.05, 0.1) is 12.5 Å². The maximum atomic E-state index is 13.0. The van der Waals surface area contributed by atoms with Crippen molar-refractivity contribution in [2.45, 2.75) is 56.3 Å². The van der Waals surface area contributed by atoms with Crippen molar-refractivity contribution in [2.24, 2.45) is 0 Å². The van der Waals surface area contributed by atoms with E-state index in [9.17, 15) is 34.2 Å².